The second kappa shape index (κ2) is 3.78. The van der Waals surface area contributed by atoms with Crippen LogP contribution in [0.1, 0.15) is 0 Å². The van der Waals surface area contributed by atoms with Crippen LogP contribution in [0.25, 0.3) is 21.9 Å². The molecule has 75 valence electrons. The summed E-state index contributed by atoms with van der Waals surface area (Å²) in [7, 11) is 0. The lowest BCUT2D eigenvalue weighted by Gasteiger charge is -2.05. The Hall–Kier alpha value is -2.15. The molecule has 16 heavy (non-hydrogen) atoms. The molecule has 0 unspecified atom stereocenters. The molecule has 0 amide bonds. The molecule has 1 heteroatoms. The Balaban J connectivity index is 2.32. The van der Waals surface area contributed by atoms with E-state index in [0.717, 1.165) is 5.39 Å². The first-order chi connectivity index (χ1) is 7.95. The summed E-state index contributed by atoms with van der Waals surface area (Å²) in [5, 5.41) is 2.26. The largest absolute Gasteiger partial charge is 0.254 e. The van der Waals surface area contributed by atoms with Gasteiger partial charge in [0.05, 0.1) is 6.20 Å². The van der Waals surface area contributed by atoms with E-state index in [0.29, 0.717) is 0 Å². The molecule has 0 bridgehead atoms. The monoisotopic (exact) mass is 204 g/mol. The molecule has 0 atom stereocenters. The fourth-order valence-corrected chi connectivity index (χ4v) is 1.91. The van der Waals surface area contributed by atoms with Crippen molar-refractivity contribution < 1.29 is 0 Å². The summed E-state index contributed by atoms with van der Waals surface area (Å²) in [6, 6.07) is 18.6. The number of rotatable bonds is 1. The van der Waals surface area contributed by atoms with Gasteiger partial charge >= 0.3 is 0 Å². The van der Waals surface area contributed by atoms with Crippen LogP contribution in [0.4, 0.5) is 0 Å². The molecular formula is C15H10N. The third kappa shape index (κ3) is 1.47. The van der Waals surface area contributed by atoms with E-state index in [9.17, 15) is 0 Å². The standard InChI is InChI=1S/C15H10N/c1-2-5-12(6-3-1)14-8-4-7-13-9-10-16-11-15(13)14/h1-10H. The summed E-state index contributed by atoms with van der Waals surface area (Å²) in [6.07, 6.45) is 4.84. The summed E-state index contributed by atoms with van der Waals surface area (Å²) in [4.78, 5) is 4.07. The van der Waals surface area contributed by atoms with Gasteiger partial charge in [-0.25, -0.2) is 0 Å². The Morgan fingerprint density at radius 1 is 0.812 bits per heavy atom. The predicted octanol–water partition coefficient (Wildman–Crippen LogP) is 3.70. The van der Waals surface area contributed by atoms with Crippen molar-refractivity contribution in [3.05, 3.63) is 67.0 Å². The molecule has 0 N–H and O–H groups in total. The Labute approximate surface area is 94.4 Å². The zero-order valence-corrected chi connectivity index (χ0v) is 8.72. The van der Waals surface area contributed by atoms with Gasteiger partial charge in [-0.3, -0.25) is 4.98 Å². The fraction of sp³-hybridized carbons (Fsp3) is 0. The van der Waals surface area contributed by atoms with Crippen LogP contribution in [0.3, 0.4) is 0 Å². The summed E-state index contributed by atoms with van der Waals surface area (Å²) in [5.41, 5.74) is 2.39. The molecule has 0 aliphatic rings. The minimum absolute atomic E-state index is 1.08. The van der Waals surface area contributed by atoms with Gasteiger partial charge in [0.2, 0.25) is 0 Å². The molecule has 3 rings (SSSR count). The molecule has 0 saturated carbocycles. The molecule has 0 aliphatic heterocycles. The maximum Gasteiger partial charge on any atom is 0.0977 e. The fourth-order valence-electron chi connectivity index (χ4n) is 1.91. The van der Waals surface area contributed by atoms with Gasteiger partial charge in [0.15, 0.2) is 0 Å². The summed E-state index contributed by atoms with van der Waals surface area (Å²) >= 11 is 0. The maximum absolute atomic E-state index is 4.07. The van der Waals surface area contributed by atoms with Gasteiger partial charge in [-0.05, 0) is 22.6 Å². The van der Waals surface area contributed by atoms with Gasteiger partial charge in [-0.1, -0.05) is 48.5 Å². The molecule has 3 aromatic rings. The van der Waals surface area contributed by atoms with E-state index < -0.39 is 0 Å². The first-order valence-corrected chi connectivity index (χ1v) is 5.26. The Morgan fingerprint density at radius 2 is 1.69 bits per heavy atom. The van der Waals surface area contributed by atoms with E-state index in [1.165, 1.54) is 16.5 Å². The minimum atomic E-state index is 1.08. The van der Waals surface area contributed by atoms with Crippen molar-refractivity contribution in [1.82, 2.24) is 4.98 Å². The number of nitrogens with zero attached hydrogens (tertiary/aromatic N) is 1. The lowest BCUT2D eigenvalue weighted by molar-refractivity contribution is 1.35. The zero-order chi connectivity index (χ0) is 10.8. The third-order valence-corrected chi connectivity index (χ3v) is 2.69. The van der Waals surface area contributed by atoms with E-state index in [1.54, 1.807) is 6.20 Å². The molecular weight excluding hydrogens is 194 g/mol. The minimum Gasteiger partial charge on any atom is -0.254 e. The van der Waals surface area contributed by atoms with Gasteiger partial charge in [-0.2, -0.15) is 0 Å². The van der Waals surface area contributed by atoms with Crippen molar-refractivity contribution >= 4 is 10.8 Å². The van der Waals surface area contributed by atoms with Gasteiger partial charge in [-0.15, -0.1) is 0 Å². The van der Waals surface area contributed by atoms with E-state index in [2.05, 4.69) is 41.5 Å². The van der Waals surface area contributed by atoms with Crippen LogP contribution in [0.5, 0.6) is 0 Å². The molecule has 0 fully saturated rings. The zero-order valence-electron chi connectivity index (χ0n) is 8.72. The average molecular weight is 204 g/mol. The summed E-state index contributed by atoms with van der Waals surface area (Å²) < 4.78 is 0. The highest BCUT2D eigenvalue weighted by Gasteiger charge is 2.02. The van der Waals surface area contributed by atoms with Crippen LogP contribution < -0.4 is 0 Å². The van der Waals surface area contributed by atoms with Gasteiger partial charge in [0.25, 0.3) is 0 Å². The lowest BCUT2D eigenvalue weighted by atomic mass is 10.00. The van der Waals surface area contributed by atoms with Crippen molar-refractivity contribution in [2.24, 2.45) is 0 Å². The quantitative estimate of drug-likeness (QED) is 0.589. The summed E-state index contributed by atoms with van der Waals surface area (Å²) in [5.74, 6) is 0. The smallest absolute Gasteiger partial charge is 0.0977 e. The van der Waals surface area contributed by atoms with Gasteiger partial charge < -0.3 is 0 Å². The topological polar surface area (TPSA) is 12.9 Å². The number of fused-ring (bicyclic) bond motifs is 1. The normalized spacial score (nSPS) is 10.5. The van der Waals surface area contributed by atoms with Crippen LogP contribution in [-0.2, 0) is 0 Å². The molecule has 1 heterocycles. The van der Waals surface area contributed by atoms with Crippen molar-refractivity contribution in [1.29, 1.82) is 0 Å². The maximum atomic E-state index is 4.07. The van der Waals surface area contributed by atoms with E-state index in [-0.39, 0.29) is 0 Å². The Bertz CT molecular complexity index is 609. The highest BCUT2D eigenvalue weighted by atomic mass is 14.6. The number of hydrogen-bond donors (Lipinski definition) is 0. The first-order valence-electron chi connectivity index (χ1n) is 5.26. The predicted molar refractivity (Wildman–Crippen MR) is 66.0 cm³/mol. The SMILES string of the molecule is [c]1nccc2cccc(-c3ccccc3)c12. The molecule has 1 aromatic heterocycles. The molecule has 0 saturated heterocycles. The first kappa shape index (κ1) is 9.10. The Morgan fingerprint density at radius 3 is 2.56 bits per heavy atom. The third-order valence-electron chi connectivity index (χ3n) is 2.69. The average Bonchev–Trinajstić information content (AvgIpc) is 2.39. The molecule has 2 aromatic carbocycles. The summed E-state index contributed by atoms with van der Waals surface area (Å²) in [6.45, 7) is 0. The van der Waals surface area contributed by atoms with E-state index in [4.69, 9.17) is 0 Å². The number of hydrogen-bond acceptors (Lipinski definition) is 1. The second-order valence-electron chi connectivity index (χ2n) is 3.69. The molecule has 0 spiro atoms. The lowest BCUT2D eigenvalue weighted by Crippen LogP contribution is -1.82. The van der Waals surface area contributed by atoms with E-state index in [1.807, 2.05) is 24.3 Å². The van der Waals surface area contributed by atoms with Crippen LogP contribution in [-0.4, -0.2) is 4.98 Å². The van der Waals surface area contributed by atoms with Crippen LogP contribution in [0, 0.1) is 6.20 Å². The Kier molecular flexibility index (Phi) is 2.15. The number of benzene rings is 2. The van der Waals surface area contributed by atoms with Crippen molar-refractivity contribution in [2.75, 3.05) is 0 Å². The van der Waals surface area contributed by atoms with Crippen LogP contribution >= 0.6 is 0 Å². The van der Waals surface area contributed by atoms with E-state index >= 15 is 0 Å². The molecule has 1 nitrogen and oxygen atoms in total. The van der Waals surface area contributed by atoms with Crippen LogP contribution in [0.2, 0.25) is 0 Å². The van der Waals surface area contributed by atoms with Gasteiger partial charge in [0, 0.05) is 11.6 Å². The van der Waals surface area contributed by atoms with Crippen molar-refractivity contribution in [3.63, 3.8) is 0 Å². The number of pyridine rings is 1. The van der Waals surface area contributed by atoms with Crippen molar-refractivity contribution in [3.8, 4) is 11.1 Å². The van der Waals surface area contributed by atoms with Crippen molar-refractivity contribution in [2.45, 2.75) is 0 Å². The number of aromatic nitrogens is 1. The molecule has 1 radical (unpaired) electrons. The van der Waals surface area contributed by atoms with Gasteiger partial charge in [0.1, 0.15) is 0 Å². The highest BCUT2D eigenvalue weighted by molar-refractivity contribution is 5.95. The second-order valence-corrected chi connectivity index (χ2v) is 3.69. The highest BCUT2D eigenvalue weighted by Crippen LogP contribution is 2.26. The van der Waals surface area contributed by atoms with Crippen LogP contribution in [0.15, 0.2) is 60.8 Å². The molecule has 0 aliphatic carbocycles.